The van der Waals surface area contributed by atoms with Crippen LogP contribution >= 0.6 is 11.6 Å². The van der Waals surface area contributed by atoms with E-state index in [4.69, 9.17) is 11.6 Å². The molecule has 0 aliphatic heterocycles. The quantitative estimate of drug-likeness (QED) is 0.436. The minimum Gasteiger partial charge on any atom is -0.127 e. The first-order valence-electron chi connectivity index (χ1n) is 4.12. The molecular formula is C9H19Cl. The molecule has 0 spiro atoms. The lowest BCUT2D eigenvalue weighted by Gasteiger charge is -2.17. The van der Waals surface area contributed by atoms with E-state index in [-0.39, 0.29) is 0 Å². The van der Waals surface area contributed by atoms with Gasteiger partial charge in [0.05, 0.1) is 0 Å². The number of unbranched alkanes of at least 4 members (excludes halogenated alkanes) is 2. The van der Waals surface area contributed by atoms with Crippen molar-refractivity contribution in [3.05, 3.63) is 0 Å². The van der Waals surface area contributed by atoms with Crippen LogP contribution in [0.4, 0.5) is 0 Å². The summed E-state index contributed by atoms with van der Waals surface area (Å²) in [5, 5.41) is 0. The highest BCUT2D eigenvalue weighted by molar-refractivity contribution is 6.17. The number of alkyl halides is 1. The Labute approximate surface area is 70.0 Å². The van der Waals surface area contributed by atoms with E-state index in [0.29, 0.717) is 5.41 Å². The van der Waals surface area contributed by atoms with E-state index in [1.165, 1.54) is 25.7 Å². The molecule has 0 aromatic heterocycles. The molecule has 0 radical (unpaired) electrons. The van der Waals surface area contributed by atoms with Crippen molar-refractivity contribution in [2.45, 2.75) is 46.5 Å². The SMILES string of the molecule is CC(C)(C)CCCCCCl. The number of halogens is 1. The van der Waals surface area contributed by atoms with Gasteiger partial charge in [0.1, 0.15) is 0 Å². The molecule has 0 heterocycles. The van der Waals surface area contributed by atoms with Crippen molar-refractivity contribution in [1.29, 1.82) is 0 Å². The molecule has 0 aromatic rings. The Morgan fingerprint density at radius 2 is 1.60 bits per heavy atom. The first-order chi connectivity index (χ1) is 4.56. The standard InChI is InChI=1S/C9H19Cl/c1-9(2,3)7-5-4-6-8-10/h4-8H2,1-3H3. The molecule has 0 aliphatic carbocycles. The largest absolute Gasteiger partial charge is 0.127 e. The van der Waals surface area contributed by atoms with E-state index in [0.717, 1.165) is 5.88 Å². The van der Waals surface area contributed by atoms with Gasteiger partial charge >= 0.3 is 0 Å². The van der Waals surface area contributed by atoms with E-state index in [2.05, 4.69) is 20.8 Å². The Kier molecular flexibility index (Phi) is 5.15. The van der Waals surface area contributed by atoms with Crippen molar-refractivity contribution in [2.75, 3.05) is 5.88 Å². The molecule has 0 rings (SSSR count). The van der Waals surface area contributed by atoms with E-state index in [1.54, 1.807) is 0 Å². The van der Waals surface area contributed by atoms with Gasteiger partial charge in [-0.25, -0.2) is 0 Å². The van der Waals surface area contributed by atoms with Crippen molar-refractivity contribution < 1.29 is 0 Å². The van der Waals surface area contributed by atoms with Crippen LogP contribution in [0.15, 0.2) is 0 Å². The lowest BCUT2D eigenvalue weighted by molar-refractivity contribution is 0.360. The third-order valence-electron chi connectivity index (χ3n) is 1.56. The zero-order valence-corrected chi connectivity index (χ0v) is 8.17. The Hall–Kier alpha value is 0.290. The molecule has 0 N–H and O–H groups in total. The fraction of sp³-hybridized carbons (Fsp3) is 1.00. The van der Waals surface area contributed by atoms with Gasteiger partial charge in [0.15, 0.2) is 0 Å². The lowest BCUT2D eigenvalue weighted by Crippen LogP contribution is -2.03. The first kappa shape index (κ1) is 10.3. The van der Waals surface area contributed by atoms with Crippen LogP contribution in [0.3, 0.4) is 0 Å². The van der Waals surface area contributed by atoms with E-state index >= 15 is 0 Å². The highest BCUT2D eigenvalue weighted by Gasteiger charge is 2.08. The third kappa shape index (κ3) is 8.29. The molecule has 0 amide bonds. The van der Waals surface area contributed by atoms with Gasteiger partial charge in [-0.2, -0.15) is 0 Å². The van der Waals surface area contributed by atoms with Gasteiger partial charge in [0.2, 0.25) is 0 Å². The highest BCUT2D eigenvalue weighted by Crippen LogP contribution is 2.21. The zero-order valence-electron chi connectivity index (χ0n) is 7.41. The summed E-state index contributed by atoms with van der Waals surface area (Å²) < 4.78 is 0. The summed E-state index contributed by atoms with van der Waals surface area (Å²) in [5.74, 6) is 0.824. The first-order valence-corrected chi connectivity index (χ1v) is 4.66. The van der Waals surface area contributed by atoms with Crippen LogP contribution in [-0.2, 0) is 0 Å². The molecule has 0 fully saturated rings. The Bertz CT molecular complexity index is 71.3. The summed E-state index contributed by atoms with van der Waals surface area (Å²) in [7, 11) is 0. The van der Waals surface area contributed by atoms with E-state index in [1.807, 2.05) is 0 Å². The average Bonchev–Trinajstić information content (AvgIpc) is 1.78. The van der Waals surface area contributed by atoms with Crippen molar-refractivity contribution in [3.8, 4) is 0 Å². The molecule has 0 nitrogen and oxygen atoms in total. The van der Waals surface area contributed by atoms with Crippen LogP contribution in [0.25, 0.3) is 0 Å². The number of hydrogen-bond acceptors (Lipinski definition) is 0. The number of hydrogen-bond donors (Lipinski definition) is 0. The van der Waals surface area contributed by atoms with Gasteiger partial charge in [-0.15, -0.1) is 11.6 Å². The maximum Gasteiger partial charge on any atom is 0.0223 e. The topological polar surface area (TPSA) is 0 Å². The summed E-state index contributed by atoms with van der Waals surface area (Å²) in [4.78, 5) is 0. The molecule has 10 heavy (non-hydrogen) atoms. The normalized spacial score (nSPS) is 12.0. The summed E-state index contributed by atoms with van der Waals surface area (Å²) in [5.41, 5.74) is 0.506. The van der Waals surface area contributed by atoms with E-state index in [9.17, 15) is 0 Å². The highest BCUT2D eigenvalue weighted by atomic mass is 35.5. The Balaban J connectivity index is 3.04. The Morgan fingerprint density at radius 1 is 1.00 bits per heavy atom. The van der Waals surface area contributed by atoms with Gasteiger partial charge in [0, 0.05) is 5.88 Å². The van der Waals surface area contributed by atoms with Crippen molar-refractivity contribution in [3.63, 3.8) is 0 Å². The molecule has 0 saturated heterocycles. The number of rotatable bonds is 4. The smallest absolute Gasteiger partial charge is 0.0223 e. The molecule has 0 aliphatic rings. The maximum atomic E-state index is 5.55. The van der Waals surface area contributed by atoms with Gasteiger partial charge < -0.3 is 0 Å². The van der Waals surface area contributed by atoms with Gasteiger partial charge in [-0.05, 0) is 18.3 Å². The van der Waals surface area contributed by atoms with Crippen LogP contribution in [-0.4, -0.2) is 5.88 Å². The van der Waals surface area contributed by atoms with E-state index < -0.39 is 0 Å². The van der Waals surface area contributed by atoms with Crippen LogP contribution in [0.1, 0.15) is 46.5 Å². The molecule has 0 bridgehead atoms. The molecule has 0 atom stereocenters. The van der Waals surface area contributed by atoms with Gasteiger partial charge in [-0.1, -0.05) is 33.6 Å². The van der Waals surface area contributed by atoms with Gasteiger partial charge in [0.25, 0.3) is 0 Å². The van der Waals surface area contributed by atoms with Crippen molar-refractivity contribution >= 4 is 11.6 Å². The Morgan fingerprint density at radius 3 is 2.00 bits per heavy atom. The minimum atomic E-state index is 0.506. The van der Waals surface area contributed by atoms with Gasteiger partial charge in [-0.3, -0.25) is 0 Å². The predicted octanol–water partition coefficient (Wildman–Crippen LogP) is 3.83. The fourth-order valence-electron chi connectivity index (χ4n) is 0.927. The molecule has 62 valence electrons. The van der Waals surface area contributed by atoms with Crippen molar-refractivity contribution in [1.82, 2.24) is 0 Å². The molecule has 0 unspecified atom stereocenters. The fourth-order valence-corrected chi connectivity index (χ4v) is 1.12. The van der Waals surface area contributed by atoms with Crippen LogP contribution < -0.4 is 0 Å². The van der Waals surface area contributed by atoms with Crippen LogP contribution in [0.2, 0.25) is 0 Å². The van der Waals surface area contributed by atoms with Crippen LogP contribution in [0, 0.1) is 5.41 Å². The second-order valence-corrected chi connectivity index (χ2v) is 4.44. The minimum absolute atomic E-state index is 0.506. The predicted molar refractivity (Wildman–Crippen MR) is 48.6 cm³/mol. The molecular weight excluding hydrogens is 144 g/mol. The summed E-state index contributed by atoms with van der Waals surface area (Å²) in [6.07, 6.45) is 5.12. The molecule has 0 aromatic carbocycles. The second kappa shape index (κ2) is 5.01. The van der Waals surface area contributed by atoms with Crippen molar-refractivity contribution in [2.24, 2.45) is 5.41 Å². The summed E-state index contributed by atoms with van der Waals surface area (Å²) in [6.45, 7) is 6.86. The molecule has 1 heteroatoms. The summed E-state index contributed by atoms with van der Waals surface area (Å²) >= 11 is 5.55. The maximum absolute atomic E-state index is 5.55. The summed E-state index contributed by atoms with van der Waals surface area (Å²) in [6, 6.07) is 0. The van der Waals surface area contributed by atoms with Crippen LogP contribution in [0.5, 0.6) is 0 Å². The third-order valence-corrected chi connectivity index (χ3v) is 1.83. The zero-order chi connectivity index (χ0) is 8.04. The molecule has 0 saturated carbocycles. The lowest BCUT2D eigenvalue weighted by atomic mass is 9.90. The second-order valence-electron chi connectivity index (χ2n) is 4.06. The monoisotopic (exact) mass is 162 g/mol. The average molecular weight is 163 g/mol.